The van der Waals surface area contributed by atoms with Gasteiger partial charge in [-0.05, 0) is 55.0 Å². The third-order valence-electron chi connectivity index (χ3n) is 5.99. The van der Waals surface area contributed by atoms with Gasteiger partial charge in [-0.25, -0.2) is 4.98 Å². The molecule has 5 rings (SSSR count). The number of rotatable bonds is 7. The van der Waals surface area contributed by atoms with Gasteiger partial charge in [-0.1, -0.05) is 17.4 Å². The monoisotopic (exact) mass is 517 g/mol. The summed E-state index contributed by atoms with van der Waals surface area (Å²) in [5.74, 6) is -0.326. The molecule has 0 bridgehead atoms. The number of carbonyl (C=O) groups is 2. The minimum Gasteiger partial charge on any atom is -0.507 e. The van der Waals surface area contributed by atoms with Crippen molar-refractivity contribution in [1.82, 2.24) is 9.97 Å². The van der Waals surface area contributed by atoms with Gasteiger partial charge in [0, 0.05) is 18.0 Å². The third kappa shape index (κ3) is 4.25. The molecular weight excluding hydrogens is 494 g/mol. The van der Waals surface area contributed by atoms with E-state index in [0.29, 0.717) is 45.6 Å². The molecule has 2 aromatic carbocycles. The van der Waals surface area contributed by atoms with Crippen molar-refractivity contribution in [3.8, 4) is 17.2 Å². The number of aromatic nitrogens is 2. The molecule has 37 heavy (non-hydrogen) atoms. The number of thiazole rings is 1. The van der Waals surface area contributed by atoms with Gasteiger partial charge >= 0.3 is 5.91 Å². The first-order chi connectivity index (χ1) is 18.0. The molecule has 2 aromatic heterocycles. The second-order valence-electron chi connectivity index (χ2n) is 8.08. The topological polar surface area (TPSA) is 111 Å². The van der Waals surface area contributed by atoms with Crippen LogP contribution in [0.4, 0.5) is 5.13 Å². The fourth-order valence-electron chi connectivity index (χ4n) is 4.29. The summed E-state index contributed by atoms with van der Waals surface area (Å²) in [6.45, 7) is 2.41. The van der Waals surface area contributed by atoms with Gasteiger partial charge in [-0.15, -0.1) is 0 Å². The molecule has 3 heterocycles. The summed E-state index contributed by atoms with van der Waals surface area (Å²) >= 11 is 1.26. The van der Waals surface area contributed by atoms with E-state index < -0.39 is 17.7 Å². The van der Waals surface area contributed by atoms with Crippen LogP contribution in [-0.4, -0.2) is 47.6 Å². The van der Waals surface area contributed by atoms with Crippen LogP contribution in [-0.2, 0) is 9.59 Å². The number of fused-ring (bicyclic) bond motifs is 1. The highest BCUT2D eigenvalue weighted by atomic mass is 32.1. The first-order valence-corrected chi connectivity index (χ1v) is 12.2. The highest BCUT2D eigenvalue weighted by Gasteiger charge is 2.48. The minimum atomic E-state index is -0.958. The molecule has 10 heteroatoms. The predicted octanol–water partition coefficient (Wildman–Crippen LogP) is 4.73. The van der Waals surface area contributed by atoms with Crippen molar-refractivity contribution in [1.29, 1.82) is 0 Å². The maximum Gasteiger partial charge on any atom is 0.301 e. The Bertz CT molecular complexity index is 1530. The number of nitrogens with zero attached hydrogens (tertiary/aromatic N) is 3. The Labute approximate surface area is 216 Å². The Balaban J connectivity index is 1.72. The number of methoxy groups -OCH3 is 2. The number of ether oxygens (including phenoxy) is 3. The maximum atomic E-state index is 13.5. The molecule has 0 radical (unpaired) electrons. The van der Waals surface area contributed by atoms with E-state index in [4.69, 9.17) is 14.2 Å². The van der Waals surface area contributed by atoms with Gasteiger partial charge in [0.2, 0.25) is 0 Å². The molecule has 0 spiro atoms. The predicted molar refractivity (Wildman–Crippen MR) is 139 cm³/mol. The number of hydrogen-bond donors (Lipinski definition) is 1. The Hall–Kier alpha value is -4.44. The van der Waals surface area contributed by atoms with Crippen LogP contribution in [0.15, 0.2) is 66.5 Å². The number of aliphatic hydroxyl groups excluding tert-OH is 1. The lowest BCUT2D eigenvalue weighted by molar-refractivity contribution is -0.132. The molecule has 1 aliphatic heterocycles. The van der Waals surface area contributed by atoms with E-state index in [-0.39, 0.29) is 11.3 Å². The summed E-state index contributed by atoms with van der Waals surface area (Å²) in [6.07, 6.45) is 3.00. The number of anilines is 1. The van der Waals surface area contributed by atoms with Crippen LogP contribution >= 0.6 is 11.3 Å². The number of carbonyl (C=O) groups excluding carboxylic acids is 2. The van der Waals surface area contributed by atoms with Crippen molar-refractivity contribution in [2.45, 2.75) is 13.0 Å². The van der Waals surface area contributed by atoms with Crippen LogP contribution in [0.3, 0.4) is 0 Å². The van der Waals surface area contributed by atoms with E-state index in [9.17, 15) is 14.7 Å². The summed E-state index contributed by atoms with van der Waals surface area (Å²) in [7, 11) is 3.02. The lowest BCUT2D eigenvalue weighted by Crippen LogP contribution is -2.29. The molecule has 1 unspecified atom stereocenters. The molecule has 188 valence electrons. The van der Waals surface area contributed by atoms with E-state index >= 15 is 0 Å². The highest BCUT2D eigenvalue weighted by molar-refractivity contribution is 7.22. The van der Waals surface area contributed by atoms with Gasteiger partial charge < -0.3 is 19.3 Å². The fourth-order valence-corrected chi connectivity index (χ4v) is 5.31. The number of benzene rings is 2. The minimum absolute atomic E-state index is 0.0577. The van der Waals surface area contributed by atoms with E-state index in [1.165, 1.54) is 42.8 Å². The SMILES string of the molecule is CCOc1ccc2nc(N3C(=O)C(=O)/C(=C(/O)c4ccncc4)C3c3ccc(OC)c(OC)c3)sc2c1. The summed E-state index contributed by atoms with van der Waals surface area (Å²) in [5, 5.41) is 11.5. The molecule has 1 fully saturated rings. The summed E-state index contributed by atoms with van der Waals surface area (Å²) in [4.78, 5) is 36.8. The molecule has 9 nitrogen and oxygen atoms in total. The Kier molecular flexibility index (Phi) is 6.49. The fraction of sp³-hybridized carbons (Fsp3) is 0.185. The quantitative estimate of drug-likeness (QED) is 0.213. The summed E-state index contributed by atoms with van der Waals surface area (Å²) < 4.78 is 17.2. The second-order valence-corrected chi connectivity index (χ2v) is 9.09. The average Bonchev–Trinajstić information content (AvgIpc) is 3.46. The van der Waals surface area contributed by atoms with Crippen molar-refractivity contribution in [2.75, 3.05) is 25.7 Å². The number of ketones is 1. The van der Waals surface area contributed by atoms with E-state index in [1.807, 2.05) is 13.0 Å². The largest absolute Gasteiger partial charge is 0.507 e. The standard InChI is InChI=1S/C27H23N3O6S/c1-4-36-17-6-7-18-21(14-17)37-27(29-18)30-23(16-5-8-19(34-2)20(13-16)35-3)22(25(32)26(30)33)24(31)15-9-11-28-12-10-15/h5-14,23,31H,4H2,1-3H3/b24-22+. The van der Waals surface area contributed by atoms with Crippen LogP contribution in [0.1, 0.15) is 24.1 Å². The van der Waals surface area contributed by atoms with Crippen LogP contribution < -0.4 is 19.1 Å². The normalized spacial score (nSPS) is 16.8. The van der Waals surface area contributed by atoms with Gasteiger partial charge in [0.15, 0.2) is 16.6 Å². The molecule has 1 atom stereocenters. The Morgan fingerprint density at radius 3 is 2.49 bits per heavy atom. The number of aliphatic hydroxyl groups is 1. The van der Waals surface area contributed by atoms with Gasteiger partial charge in [-0.2, -0.15) is 0 Å². The van der Waals surface area contributed by atoms with Crippen LogP contribution in [0, 0.1) is 0 Å². The number of Topliss-reactive ketones (excluding diaryl/α,β-unsaturated/α-hetero) is 1. The number of pyridine rings is 1. The second kappa shape index (κ2) is 9.90. The van der Waals surface area contributed by atoms with Crippen molar-refractivity contribution >= 4 is 44.1 Å². The Morgan fingerprint density at radius 1 is 1.03 bits per heavy atom. The summed E-state index contributed by atoms with van der Waals surface area (Å²) in [5.41, 5.74) is 1.51. The Morgan fingerprint density at radius 2 is 1.78 bits per heavy atom. The molecule has 1 aliphatic rings. The van der Waals surface area contributed by atoms with E-state index in [2.05, 4.69) is 9.97 Å². The van der Waals surface area contributed by atoms with Crippen molar-refractivity contribution in [3.05, 3.63) is 77.6 Å². The molecular formula is C27H23N3O6S. The first kappa shape index (κ1) is 24.3. The van der Waals surface area contributed by atoms with Gasteiger partial charge in [0.1, 0.15) is 11.5 Å². The highest BCUT2D eigenvalue weighted by Crippen LogP contribution is 2.46. The molecule has 1 N–H and O–H groups in total. The smallest absolute Gasteiger partial charge is 0.301 e. The average molecular weight is 518 g/mol. The first-order valence-electron chi connectivity index (χ1n) is 11.4. The molecule has 0 aliphatic carbocycles. The van der Waals surface area contributed by atoms with E-state index in [1.54, 1.807) is 42.5 Å². The van der Waals surface area contributed by atoms with Crippen molar-refractivity contribution in [2.24, 2.45) is 0 Å². The van der Waals surface area contributed by atoms with Gasteiger partial charge in [0.25, 0.3) is 5.78 Å². The number of hydrogen-bond acceptors (Lipinski definition) is 9. The lowest BCUT2D eigenvalue weighted by Gasteiger charge is -2.23. The zero-order chi connectivity index (χ0) is 26.1. The lowest BCUT2D eigenvalue weighted by atomic mass is 9.95. The molecule has 1 amide bonds. The van der Waals surface area contributed by atoms with Crippen LogP contribution in [0.2, 0.25) is 0 Å². The molecule has 0 saturated carbocycles. The maximum absolute atomic E-state index is 13.5. The van der Waals surface area contributed by atoms with Gasteiger partial charge in [-0.3, -0.25) is 19.5 Å². The van der Waals surface area contributed by atoms with Crippen LogP contribution in [0.5, 0.6) is 17.2 Å². The van der Waals surface area contributed by atoms with E-state index in [0.717, 1.165) is 4.70 Å². The van der Waals surface area contributed by atoms with Crippen molar-refractivity contribution in [3.63, 3.8) is 0 Å². The zero-order valence-electron chi connectivity index (χ0n) is 20.3. The summed E-state index contributed by atoms with van der Waals surface area (Å²) in [6, 6.07) is 12.7. The molecule has 4 aromatic rings. The van der Waals surface area contributed by atoms with Gasteiger partial charge in [0.05, 0.1) is 42.7 Å². The van der Waals surface area contributed by atoms with Crippen LogP contribution in [0.25, 0.3) is 16.0 Å². The third-order valence-corrected chi connectivity index (χ3v) is 7.00. The zero-order valence-corrected chi connectivity index (χ0v) is 21.1. The number of amides is 1. The molecule has 1 saturated heterocycles. The van der Waals surface area contributed by atoms with Crippen molar-refractivity contribution < 1.29 is 28.9 Å².